The van der Waals surface area contributed by atoms with E-state index in [4.69, 9.17) is 0 Å². The number of rotatable bonds is 6. The number of hydrogen-bond acceptors (Lipinski definition) is 6. The average molecular weight is 507 g/mol. The summed E-state index contributed by atoms with van der Waals surface area (Å²) in [5, 5.41) is 9.68. The Labute approximate surface area is 213 Å². The summed E-state index contributed by atoms with van der Waals surface area (Å²) in [5.74, 6) is 0.101. The second-order valence-corrected chi connectivity index (χ2v) is 11.0. The van der Waals surface area contributed by atoms with Gasteiger partial charge in [0.25, 0.3) is 5.91 Å². The zero-order valence-electron chi connectivity index (χ0n) is 20.8. The van der Waals surface area contributed by atoms with Crippen molar-refractivity contribution in [3.05, 3.63) is 40.7 Å². The largest absolute Gasteiger partial charge is 0.352 e. The van der Waals surface area contributed by atoms with Crippen molar-refractivity contribution < 1.29 is 14.4 Å². The van der Waals surface area contributed by atoms with Crippen LogP contribution in [0.15, 0.2) is 24.5 Å². The molecule has 1 aliphatic carbocycles. The molecular formula is C26H30N6O3S. The third kappa shape index (κ3) is 4.41. The Morgan fingerprint density at radius 1 is 1.19 bits per heavy atom. The van der Waals surface area contributed by atoms with Crippen LogP contribution in [0.2, 0.25) is 0 Å². The highest BCUT2D eigenvalue weighted by molar-refractivity contribution is 7.21. The molecule has 3 aromatic heterocycles. The third-order valence-corrected chi connectivity index (χ3v) is 7.77. The van der Waals surface area contributed by atoms with E-state index in [1.54, 1.807) is 23.4 Å². The second-order valence-electron chi connectivity index (χ2n) is 9.96. The molecule has 10 heteroatoms. The molecular weight excluding hydrogens is 476 g/mol. The van der Waals surface area contributed by atoms with Gasteiger partial charge in [-0.2, -0.15) is 0 Å². The predicted molar refractivity (Wildman–Crippen MR) is 141 cm³/mol. The van der Waals surface area contributed by atoms with Crippen LogP contribution < -0.4 is 20.9 Å². The van der Waals surface area contributed by atoms with Gasteiger partial charge >= 0.3 is 6.03 Å². The Morgan fingerprint density at radius 3 is 2.64 bits per heavy atom. The Balaban J connectivity index is 1.49. The van der Waals surface area contributed by atoms with Crippen molar-refractivity contribution in [1.29, 1.82) is 0 Å². The maximum absolute atomic E-state index is 13.4. The van der Waals surface area contributed by atoms with E-state index in [0.29, 0.717) is 32.7 Å². The lowest BCUT2D eigenvalue weighted by atomic mass is 10.0. The van der Waals surface area contributed by atoms with Crippen LogP contribution in [0, 0.1) is 12.8 Å². The molecule has 2 atom stereocenters. The van der Waals surface area contributed by atoms with Gasteiger partial charge in [-0.3, -0.25) is 19.5 Å². The van der Waals surface area contributed by atoms with Crippen LogP contribution in [-0.2, 0) is 11.2 Å². The fourth-order valence-electron chi connectivity index (χ4n) is 5.16. The highest BCUT2D eigenvalue weighted by Gasteiger charge is 2.35. The van der Waals surface area contributed by atoms with E-state index in [9.17, 15) is 14.4 Å². The van der Waals surface area contributed by atoms with Crippen LogP contribution in [0.25, 0.3) is 10.2 Å². The molecule has 0 spiro atoms. The number of nitrogens with zero attached hydrogens (tertiary/aromatic N) is 3. The first kappa shape index (κ1) is 24.2. The minimum Gasteiger partial charge on any atom is -0.352 e. The topological polar surface area (TPSA) is 116 Å². The lowest BCUT2D eigenvalue weighted by Gasteiger charge is -2.29. The van der Waals surface area contributed by atoms with Crippen molar-refractivity contribution in [3.8, 4) is 0 Å². The van der Waals surface area contributed by atoms with E-state index < -0.39 is 0 Å². The maximum atomic E-state index is 13.4. The summed E-state index contributed by atoms with van der Waals surface area (Å²) in [6.45, 7) is 7.75. The first-order valence-corrected chi connectivity index (χ1v) is 13.1. The molecule has 36 heavy (non-hydrogen) atoms. The third-order valence-electron chi connectivity index (χ3n) is 6.67. The molecule has 4 heterocycles. The van der Waals surface area contributed by atoms with Gasteiger partial charge < -0.3 is 16.0 Å². The maximum Gasteiger partial charge on any atom is 0.331 e. The lowest BCUT2D eigenvalue weighted by molar-refractivity contribution is -0.119. The number of hydrogen-bond donors (Lipinski definition) is 3. The van der Waals surface area contributed by atoms with Crippen LogP contribution >= 0.6 is 11.3 Å². The fraction of sp³-hybridized carbons (Fsp3) is 0.423. The molecule has 0 radical (unpaired) electrons. The summed E-state index contributed by atoms with van der Waals surface area (Å²) in [6.07, 6.45) is 6.81. The van der Waals surface area contributed by atoms with Crippen molar-refractivity contribution >= 4 is 56.5 Å². The zero-order chi connectivity index (χ0) is 25.6. The minimum atomic E-state index is -0.346. The number of aryl methyl sites for hydroxylation is 1. The number of amides is 4. The van der Waals surface area contributed by atoms with Crippen LogP contribution in [0.3, 0.4) is 0 Å². The molecule has 1 fully saturated rings. The van der Waals surface area contributed by atoms with Crippen LogP contribution in [0.5, 0.6) is 0 Å². The fourth-order valence-corrected chi connectivity index (χ4v) is 6.18. The van der Waals surface area contributed by atoms with Gasteiger partial charge in [0.2, 0.25) is 5.91 Å². The zero-order valence-corrected chi connectivity index (χ0v) is 21.7. The molecule has 5 rings (SSSR count). The summed E-state index contributed by atoms with van der Waals surface area (Å²) in [7, 11) is 0. The Hall–Kier alpha value is -3.53. The van der Waals surface area contributed by atoms with Crippen molar-refractivity contribution in [1.82, 2.24) is 20.6 Å². The minimum absolute atomic E-state index is 0.0925. The van der Waals surface area contributed by atoms with Crippen LogP contribution in [0.1, 0.15) is 61.0 Å². The summed E-state index contributed by atoms with van der Waals surface area (Å²) >= 11 is 1.25. The number of pyridine rings is 2. The molecule has 0 saturated heterocycles. The molecule has 3 aromatic rings. The lowest BCUT2D eigenvalue weighted by Crippen LogP contribution is -2.48. The molecule has 0 aromatic carbocycles. The van der Waals surface area contributed by atoms with Crippen LogP contribution in [0.4, 0.5) is 21.9 Å². The number of anilines is 3. The molecule has 4 amide bonds. The van der Waals surface area contributed by atoms with E-state index in [0.717, 1.165) is 42.3 Å². The standard InChI is InChI=1S/C26H30N6O3S/c1-13(2)10-16-11-14(3)20(12-28-16)32-19-8-9-27-25-21(19)22(31-26(32)35)23(36-25)24(34)30-18-7-5-6-17(18)29-15(4)33/h8-9,11-13,17-18H,5-7,10H2,1-4H3,(H,29,33)(H,30,34)(H,31,35)/t17-,18+/m0/s1. The molecule has 0 unspecified atom stereocenters. The number of urea groups is 1. The van der Waals surface area contributed by atoms with Crippen molar-refractivity contribution in [3.63, 3.8) is 0 Å². The van der Waals surface area contributed by atoms with Gasteiger partial charge in [-0.05, 0) is 56.2 Å². The van der Waals surface area contributed by atoms with Gasteiger partial charge in [0, 0.05) is 30.9 Å². The van der Waals surface area contributed by atoms with E-state index in [2.05, 4.69) is 39.8 Å². The van der Waals surface area contributed by atoms with Gasteiger partial charge in [0.05, 0.1) is 28.6 Å². The molecule has 188 valence electrons. The normalized spacial score (nSPS) is 19.0. The second kappa shape index (κ2) is 9.50. The Morgan fingerprint density at radius 2 is 1.94 bits per heavy atom. The number of carbonyl (C=O) groups is 3. The van der Waals surface area contributed by atoms with E-state index in [-0.39, 0.29) is 29.9 Å². The highest BCUT2D eigenvalue weighted by atomic mass is 32.1. The van der Waals surface area contributed by atoms with Gasteiger partial charge in [-0.15, -0.1) is 11.3 Å². The molecule has 9 nitrogen and oxygen atoms in total. The van der Waals surface area contributed by atoms with Crippen molar-refractivity contribution in [2.24, 2.45) is 5.92 Å². The van der Waals surface area contributed by atoms with E-state index in [1.807, 2.05) is 13.0 Å². The highest BCUT2D eigenvalue weighted by Crippen LogP contribution is 2.46. The van der Waals surface area contributed by atoms with E-state index in [1.165, 1.54) is 18.3 Å². The predicted octanol–water partition coefficient (Wildman–Crippen LogP) is 4.67. The quantitative estimate of drug-likeness (QED) is 0.449. The smallest absolute Gasteiger partial charge is 0.331 e. The number of thiophene rings is 1. The average Bonchev–Trinajstić information content (AvgIpc) is 3.39. The van der Waals surface area contributed by atoms with Crippen molar-refractivity contribution in [2.75, 3.05) is 10.2 Å². The molecule has 1 aliphatic heterocycles. The van der Waals surface area contributed by atoms with Crippen molar-refractivity contribution in [2.45, 2.75) is 65.5 Å². The SMILES string of the molecule is CC(=O)N[C@H]1CCC[C@H]1NC(=O)c1sc2nccc3c2c1NC(=O)N3c1cnc(CC(C)C)cc1C. The molecule has 0 bridgehead atoms. The van der Waals surface area contributed by atoms with E-state index >= 15 is 0 Å². The van der Waals surface area contributed by atoms with Gasteiger partial charge in [0.1, 0.15) is 9.71 Å². The van der Waals surface area contributed by atoms with Gasteiger partial charge in [0.15, 0.2) is 0 Å². The number of carbonyl (C=O) groups excluding carboxylic acids is 3. The molecule has 1 saturated carbocycles. The molecule has 3 N–H and O–H groups in total. The summed E-state index contributed by atoms with van der Waals surface area (Å²) in [6, 6.07) is 3.23. The summed E-state index contributed by atoms with van der Waals surface area (Å²) in [5.41, 5.74) is 3.78. The Bertz CT molecular complexity index is 1370. The number of nitrogens with one attached hydrogen (secondary N) is 3. The Kier molecular flexibility index (Phi) is 6.38. The number of aromatic nitrogens is 2. The first-order valence-electron chi connectivity index (χ1n) is 12.3. The molecule has 2 aliphatic rings. The summed E-state index contributed by atoms with van der Waals surface area (Å²) in [4.78, 5) is 50.1. The first-order chi connectivity index (χ1) is 17.2. The summed E-state index contributed by atoms with van der Waals surface area (Å²) < 4.78 is 0. The van der Waals surface area contributed by atoms with Gasteiger partial charge in [-0.1, -0.05) is 13.8 Å². The van der Waals surface area contributed by atoms with Crippen LogP contribution in [-0.4, -0.2) is 39.9 Å². The monoisotopic (exact) mass is 506 g/mol. The van der Waals surface area contributed by atoms with Gasteiger partial charge in [-0.25, -0.2) is 9.78 Å².